The van der Waals surface area contributed by atoms with Gasteiger partial charge in [0.25, 0.3) is 15.7 Å². The van der Waals surface area contributed by atoms with E-state index in [0.29, 0.717) is 17.0 Å². The number of sulfonamides is 1. The molecule has 0 saturated carbocycles. The van der Waals surface area contributed by atoms with Crippen LogP contribution in [0.3, 0.4) is 0 Å². The van der Waals surface area contributed by atoms with E-state index in [1.807, 2.05) is 5.32 Å². The molecule has 0 aliphatic carbocycles. The topological polar surface area (TPSA) is 338 Å². The summed E-state index contributed by atoms with van der Waals surface area (Å²) < 4.78 is 131. The number of aryl methyl sites for hydroxylation is 2. The van der Waals surface area contributed by atoms with Gasteiger partial charge in [0.05, 0.1) is 65.7 Å². The fourth-order valence-electron chi connectivity index (χ4n) is 4.65. The lowest BCUT2D eigenvalue weighted by atomic mass is 10.1. The number of esters is 2. The number of anilines is 1. The van der Waals surface area contributed by atoms with Crippen LogP contribution in [-0.4, -0.2) is 120 Å². The molecule has 1 unspecified atom stereocenters. The summed E-state index contributed by atoms with van der Waals surface area (Å²) in [6.07, 6.45) is -4.93. The SMILES string of the molecule is CCOC(=O)COC(=O)c1cc(Oc2ccc(C(F)(F)F)cc2Cl)ccc1[N+](=O)[O-].COc1nc(C)nc(NC(=O)NS(=O)(=O)c2ccccc2CCC(F)(F)F)n1.C[S+](C)C.O=C(O)CNCP(=O)([O-])O. The van der Waals surface area contributed by atoms with Gasteiger partial charge in [-0.05, 0) is 67.1 Å². The second-order valence-electron chi connectivity index (χ2n) is 13.9. The van der Waals surface area contributed by atoms with E-state index in [0.717, 1.165) is 36.4 Å². The van der Waals surface area contributed by atoms with Gasteiger partial charge in [-0.25, -0.2) is 27.5 Å². The van der Waals surface area contributed by atoms with Crippen LogP contribution < -0.4 is 29.7 Å². The number of methoxy groups -OCH3 is 1. The Bertz CT molecular complexity index is 2660. The van der Waals surface area contributed by atoms with Crippen LogP contribution in [0, 0.1) is 17.0 Å². The van der Waals surface area contributed by atoms with Gasteiger partial charge >= 0.3 is 42.3 Å². The minimum absolute atomic E-state index is 0.0493. The molecule has 1 heterocycles. The van der Waals surface area contributed by atoms with Gasteiger partial charge in [0.1, 0.15) is 30.5 Å². The predicted octanol–water partition coefficient (Wildman–Crippen LogP) is 5.63. The van der Waals surface area contributed by atoms with E-state index in [2.05, 4.69) is 43.8 Å². The van der Waals surface area contributed by atoms with Crippen molar-refractivity contribution in [2.75, 3.05) is 57.2 Å². The van der Waals surface area contributed by atoms with Crippen LogP contribution in [0.5, 0.6) is 17.5 Å². The standard InChI is InChI=1S/C18H13ClF3NO7.C15H16F3N5O4S.C3H8NO5P.C3H9S/c1-2-28-16(24)9-29-17(25)12-8-11(4-5-14(12)23(26)27)30-15-6-3-10(7-13(15)19)18(20,21)22;1-9-19-12(22-14(20-9)27-2)21-13(24)23-28(25,26)11-6-4-3-5-10(11)7-8-15(16,17)18;5-3(6)1-4-2-10(7,8)9;1-4(2)3/h3-8H,2,9H2,1H3;3-6H,7-8H2,1-2H3,(H2,19,20,21,22,23,24);4H,1-2H2,(H,5,6)(H2,7,8,9);1-3H3/q;;;+1/p-1. The van der Waals surface area contributed by atoms with Gasteiger partial charge in [-0.2, -0.15) is 41.3 Å². The molecule has 0 aliphatic rings. The van der Waals surface area contributed by atoms with Gasteiger partial charge < -0.3 is 38.4 Å². The number of aliphatic carboxylic acids is 1. The molecule has 23 nitrogen and oxygen atoms in total. The molecule has 4 aromatic rings. The number of nitrogens with zero attached hydrogens (tertiary/aromatic N) is 4. The molecule has 1 aromatic heterocycles. The summed E-state index contributed by atoms with van der Waals surface area (Å²) in [4.78, 5) is 84.5. The lowest BCUT2D eigenvalue weighted by Crippen LogP contribution is -2.35. The van der Waals surface area contributed by atoms with Crippen molar-refractivity contribution in [3.05, 3.63) is 98.3 Å². The van der Waals surface area contributed by atoms with Crippen LogP contribution in [0.2, 0.25) is 5.02 Å². The third-order valence-corrected chi connectivity index (χ3v) is 9.74. The average molecular weight is 1110 g/mol. The highest BCUT2D eigenvalue weighted by Gasteiger charge is 2.32. The first-order valence-electron chi connectivity index (χ1n) is 19.5. The van der Waals surface area contributed by atoms with Crippen LogP contribution in [0.4, 0.5) is 42.8 Å². The fourth-order valence-corrected chi connectivity index (χ4v) is 6.45. The summed E-state index contributed by atoms with van der Waals surface area (Å²) in [5, 5.41) is 22.9. The largest absolute Gasteiger partial charge is 0.778 e. The summed E-state index contributed by atoms with van der Waals surface area (Å²) in [6.45, 7) is 1.85. The molecule has 4 rings (SSSR count). The van der Waals surface area contributed by atoms with Gasteiger partial charge in [-0.1, -0.05) is 29.8 Å². The van der Waals surface area contributed by atoms with Crippen LogP contribution >= 0.6 is 19.2 Å². The maximum atomic E-state index is 12.7. The molecular weight excluding hydrogens is 1070 g/mol. The molecule has 72 heavy (non-hydrogen) atoms. The Morgan fingerprint density at radius 2 is 1.58 bits per heavy atom. The normalized spacial score (nSPS) is 11.9. The maximum absolute atomic E-state index is 12.7. The van der Waals surface area contributed by atoms with Crippen molar-refractivity contribution in [1.29, 1.82) is 0 Å². The third kappa shape index (κ3) is 25.7. The van der Waals surface area contributed by atoms with Gasteiger partial charge in [0.2, 0.25) is 5.95 Å². The summed E-state index contributed by atoms with van der Waals surface area (Å²) in [5.74, 6) is -3.58. The number of urea groups is 1. The molecule has 1 atom stereocenters. The zero-order valence-corrected chi connectivity index (χ0v) is 41.6. The second-order valence-corrected chi connectivity index (χ2v) is 20.0. The van der Waals surface area contributed by atoms with Crippen molar-refractivity contribution in [3.8, 4) is 17.5 Å². The first-order chi connectivity index (χ1) is 33.2. The number of halogens is 7. The van der Waals surface area contributed by atoms with Gasteiger partial charge in [-0.15, -0.1) is 0 Å². The molecule has 0 radical (unpaired) electrons. The summed E-state index contributed by atoms with van der Waals surface area (Å²) >= 11 is 5.81. The van der Waals surface area contributed by atoms with E-state index in [1.165, 1.54) is 39.2 Å². The van der Waals surface area contributed by atoms with Crippen LogP contribution in [-0.2, 0) is 57.1 Å². The van der Waals surface area contributed by atoms with Gasteiger partial charge in [-0.3, -0.25) is 25.5 Å². The summed E-state index contributed by atoms with van der Waals surface area (Å²) in [6, 6.07) is 9.16. The fraction of sp³-hybridized carbons (Fsp3) is 0.359. The summed E-state index contributed by atoms with van der Waals surface area (Å²) in [5.41, 5.74) is -2.23. The number of nitrogens with one attached hydrogen (secondary N) is 3. The molecular formula is C39H45ClF6N7O16PS2. The van der Waals surface area contributed by atoms with Crippen molar-refractivity contribution in [3.63, 3.8) is 0 Å². The number of carbonyl (C=O) groups is 4. The molecule has 0 saturated heterocycles. The number of hydrogen-bond acceptors (Lipinski definition) is 18. The Morgan fingerprint density at radius 3 is 2.11 bits per heavy atom. The molecule has 0 aliphatic heterocycles. The quantitative estimate of drug-likeness (QED) is 0.0213. The number of alkyl halides is 6. The van der Waals surface area contributed by atoms with Crippen molar-refractivity contribution >= 4 is 75.7 Å². The van der Waals surface area contributed by atoms with Crippen molar-refractivity contribution in [2.45, 2.75) is 43.9 Å². The lowest BCUT2D eigenvalue weighted by Gasteiger charge is -2.14. The second kappa shape index (κ2) is 29.2. The first kappa shape index (κ1) is 63.6. The van der Waals surface area contributed by atoms with E-state index in [1.54, 1.807) is 4.72 Å². The Kier molecular flexibility index (Phi) is 25.8. The average Bonchev–Trinajstić information content (AvgIpc) is 3.24. The van der Waals surface area contributed by atoms with E-state index in [-0.39, 0.29) is 46.5 Å². The highest BCUT2D eigenvalue weighted by molar-refractivity contribution is 7.94. The number of ether oxygens (including phenoxy) is 4. The minimum Gasteiger partial charge on any atom is -0.778 e. The Morgan fingerprint density at radius 1 is 0.958 bits per heavy atom. The first-order valence-corrected chi connectivity index (χ1v) is 25.6. The minimum atomic E-state index is -4.61. The van der Waals surface area contributed by atoms with Gasteiger partial charge in [0.15, 0.2) is 6.61 Å². The monoisotopic (exact) mass is 1110 g/mol. The van der Waals surface area contributed by atoms with E-state index in [9.17, 15) is 73.5 Å². The zero-order chi connectivity index (χ0) is 55.2. The van der Waals surface area contributed by atoms with E-state index >= 15 is 0 Å². The van der Waals surface area contributed by atoms with Crippen LogP contribution in [0.1, 0.15) is 40.7 Å². The number of benzene rings is 3. The number of carboxylic acids is 1. The summed E-state index contributed by atoms with van der Waals surface area (Å²) in [7, 11) is -6.85. The highest BCUT2D eigenvalue weighted by Crippen LogP contribution is 2.37. The number of carboxylic acid groups (broad SMARTS) is 1. The molecule has 2 amide bonds. The van der Waals surface area contributed by atoms with Crippen molar-refractivity contribution in [1.82, 2.24) is 25.0 Å². The molecule has 0 spiro atoms. The molecule has 5 N–H and O–H groups in total. The molecule has 33 heteroatoms. The number of amides is 2. The zero-order valence-electron chi connectivity index (χ0n) is 38.3. The number of carbonyl (C=O) groups excluding carboxylic acids is 3. The predicted molar refractivity (Wildman–Crippen MR) is 243 cm³/mol. The number of nitro groups is 1. The van der Waals surface area contributed by atoms with Crippen molar-refractivity contribution < 1.29 is 97.3 Å². The van der Waals surface area contributed by atoms with Crippen LogP contribution in [0.15, 0.2) is 65.6 Å². The van der Waals surface area contributed by atoms with E-state index < -0.39 is 113 Å². The Hall–Kier alpha value is -6.37. The van der Waals surface area contributed by atoms with Gasteiger partial charge in [0, 0.05) is 18.6 Å². The lowest BCUT2D eigenvalue weighted by molar-refractivity contribution is -0.385. The maximum Gasteiger partial charge on any atom is 0.416 e. The highest BCUT2D eigenvalue weighted by atomic mass is 35.5. The molecule has 0 fully saturated rings. The Balaban J connectivity index is 0.000000571. The Labute approximate surface area is 413 Å². The van der Waals surface area contributed by atoms with E-state index in [4.69, 9.17) is 35.8 Å². The molecule has 398 valence electrons. The number of aromatic nitrogens is 3. The number of rotatable bonds is 17. The molecule has 0 bridgehead atoms. The van der Waals surface area contributed by atoms with Crippen LogP contribution in [0.25, 0.3) is 0 Å². The smallest absolute Gasteiger partial charge is 0.416 e. The van der Waals surface area contributed by atoms with Crippen molar-refractivity contribution in [2.24, 2.45) is 0 Å². The third-order valence-electron chi connectivity index (χ3n) is 7.39. The molecule has 3 aromatic carbocycles. The number of hydrogen-bond donors (Lipinski definition) is 5. The number of nitro benzene ring substituents is 1.